The molecule has 4 aromatic carbocycles. The topological polar surface area (TPSA) is 89.5 Å². The summed E-state index contributed by atoms with van der Waals surface area (Å²) in [5, 5.41) is 0. The Bertz CT molecular complexity index is 1840. The smallest absolute Gasteiger partial charge is 0.466 e. The van der Waals surface area contributed by atoms with E-state index in [9.17, 15) is 9.59 Å². The lowest BCUT2D eigenvalue weighted by Crippen LogP contribution is -2.25. The Labute approximate surface area is 408 Å². The predicted octanol–water partition coefficient (Wildman–Crippen LogP) is 11.7. The normalized spacial score (nSPS) is 13.7. The first-order valence-electron chi connectivity index (χ1n) is 24.9. The molecule has 1 aliphatic heterocycles. The molecule has 4 aromatic rings. The SMILES string of the molecule is C=COc1ccc(CCC[SiH2]C)cc1.C[SiH2]CCCc1ccc(OC(=O)OC(C)(C)C)cc1.C[SiH2]CCCc1ccc(OC(C)=O)cc1.C[SiH2]CCCc1ccc(OC2CCCCO2)cc1. The number of ether oxygens (including phenoxy) is 6. The third-order valence-corrected chi connectivity index (χ3v) is 15.3. The molecule has 0 radical (unpaired) electrons. The Morgan fingerprint density at radius 1 is 0.591 bits per heavy atom. The van der Waals surface area contributed by atoms with Crippen molar-refractivity contribution in [1.29, 1.82) is 0 Å². The number of carbonyl (C=O) groups excluding carboxylic acids is 2. The van der Waals surface area contributed by atoms with Crippen molar-refractivity contribution < 1.29 is 38.0 Å². The highest BCUT2D eigenvalue weighted by molar-refractivity contribution is 6.34. The van der Waals surface area contributed by atoms with E-state index < -0.39 is 11.8 Å². The maximum absolute atomic E-state index is 11.5. The largest absolute Gasteiger partial charge is 0.514 e. The predicted molar refractivity (Wildman–Crippen MR) is 289 cm³/mol. The van der Waals surface area contributed by atoms with Gasteiger partial charge in [0.15, 0.2) is 6.29 Å². The molecule has 5 rings (SSSR count). The van der Waals surface area contributed by atoms with Crippen molar-refractivity contribution in [3.63, 3.8) is 0 Å². The summed E-state index contributed by atoms with van der Waals surface area (Å²) in [6.45, 7) is 20.6. The summed E-state index contributed by atoms with van der Waals surface area (Å²) in [7, 11) is 0.854. The van der Waals surface area contributed by atoms with E-state index in [1.165, 1.54) is 111 Å². The van der Waals surface area contributed by atoms with Crippen LogP contribution in [-0.2, 0) is 40.0 Å². The molecule has 0 spiro atoms. The van der Waals surface area contributed by atoms with Gasteiger partial charge in [0.1, 0.15) is 28.6 Å². The minimum atomic E-state index is -0.655. The Morgan fingerprint density at radius 2 is 0.970 bits per heavy atom. The average Bonchev–Trinajstić information content (AvgIpc) is 3.29. The molecule has 364 valence electrons. The highest BCUT2D eigenvalue weighted by Gasteiger charge is 2.18. The van der Waals surface area contributed by atoms with Crippen molar-refractivity contribution in [2.75, 3.05) is 6.61 Å². The van der Waals surface area contributed by atoms with Gasteiger partial charge < -0.3 is 28.4 Å². The van der Waals surface area contributed by atoms with Gasteiger partial charge in [0.05, 0.1) is 12.9 Å². The van der Waals surface area contributed by atoms with Crippen LogP contribution in [-0.4, -0.2) is 68.7 Å². The second-order valence-corrected chi connectivity index (χ2v) is 24.6. The maximum atomic E-state index is 11.5. The van der Waals surface area contributed by atoms with Gasteiger partial charge in [0, 0.05) is 51.4 Å². The van der Waals surface area contributed by atoms with Crippen LogP contribution in [0.25, 0.3) is 0 Å². The van der Waals surface area contributed by atoms with E-state index in [4.69, 9.17) is 28.4 Å². The van der Waals surface area contributed by atoms with Crippen LogP contribution in [0.3, 0.4) is 0 Å². The fourth-order valence-electron chi connectivity index (χ4n) is 6.82. The minimum Gasteiger partial charge on any atom is -0.466 e. The maximum Gasteiger partial charge on any atom is 0.514 e. The third kappa shape index (κ3) is 29.4. The second-order valence-electron chi connectivity index (χ2n) is 17.8. The van der Waals surface area contributed by atoms with E-state index in [2.05, 4.69) is 69.2 Å². The first-order valence-corrected chi connectivity index (χ1v) is 34.5. The lowest BCUT2D eigenvalue weighted by Gasteiger charge is -2.23. The zero-order chi connectivity index (χ0) is 48.3. The first kappa shape index (κ1) is 57.9. The molecule has 1 aliphatic rings. The molecule has 0 aromatic heterocycles. The van der Waals surface area contributed by atoms with Crippen LogP contribution in [0.15, 0.2) is 110 Å². The number of benzene rings is 4. The molecular formula is C54H84O8Si4. The summed E-state index contributed by atoms with van der Waals surface area (Å²) >= 11 is 0. The van der Waals surface area contributed by atoms with Crippen molar-refractivity contribution >= 4 is 50.2 Å². The third-order valence-electron chi connectivity index (χ3n) is 10.4. The summed E-state index contributed by atoms with van der Waals surface area (Å²) < 4.78 is 31.7. The van der Waals surface area contributed by atoms with Gasteiger partial charge in [-0.25, -0.2) is 4.79 Å². The zero-order valence-corrected chi connectivity index (χ0v) is 47.7. The van der Waals surface area contributed by atoms with E-state index in [-0.39, 0.29) is 50.3 Å². The molecule has 1 heterocycles. The molecule has 12 heteroatoms. The number of hydrogen-bond donors (Lipinski definition) is 0. The van der Waals surface area contributed by atoms with Gasteiger partial charge >= 0.3 is 12.1 Å². The molecular weight excluding hydrogens is 889 g/mol. The summed E-state index contributed by atoms with van der Waals surface area (Å²) in [4.78, 5) is 22.2. The van der Waals surface area contributed by atoms with E-state index >= 15 is 0 Å². The Balaban J connectivity index is 0.000000305. The fourth-order valence-corrected chi connectivity index (χ4v) is 9.82. The second kappa shape index (κ2) is 35.9. The van der Waals surface area contributed by atoms with Crippen LogP contribution in [0.4, 0.5) is 4.79 Å². The molecule has 0 bridgehead atoms. The number of aryl methyl sites for hydroxylation is 4. The van der Waals surface area contributed by atoms with Crippen LogP contribution in [0.2, 0.25) is 50.4 Å². The van der Waals surface area contributed by atoms with Crippen LogP contribution in [0, 0.1) is 0 Å². The molecule has 0 aliphatic carbocycles. The van der Waals surface area contributed by atoms with Gasteiger partial charge in [-0.05, 0) is 130 Å². The molecule has 0 saturated carbocycles. The van der Waals surface area contributed by atoms with Gasteiger partial charge in [0.25, 0.3) is 0 Å². The molecule has 1 saturated heterocycles. The highest BCUT2D eigenvalue weighted by Crippen LogP contribution is 2.21. The first-order chi connectivity index (χ1) is 31.9. The van der Waals surface area contributed by atoms with Crippen LogP contribution in [0.5, 0.6) is 23.0 Å². The monoisotopic (exact) mass is 973 g/mol. The zero-order valence-electron chi connectivity index (χ0n) is 42.0. The summed E-state index contributed by atoms with van der Waals surface area (Å²) in [6.07, 6.45) is 14.0. The number of hydrogen-bond acceptors (Lipinski definition) is 8. The molecule has 1 atom stereocenters. The van der Waals surface area contributed by atoms with Gasteiger partial charge in [-0.1, -0.05) is 131 Å². The quantitative estimate of drug-likeness (QED) is 0.0192. The van der Waals surface area contributed by atoms with Gasteiger partial charge in [-0.3, -0.25) is 4.79 Å². The Hall–Kier alpha value is -4.21. The van der Waals surface area contributed by atoms with E-state index in [0.29, 0.717) is 11.5 Å². The molecule has 0 amide bonds. The van der Waals surface area contributed by atoms with Crippen molar-refractivity contribution in [1.82, 2.24) is 0 Å². The van der Waals surface area contributed by atoms with E-state index in [1.807, 2.05) is 81.4 Å². The summed E-state index contributed by atoms with van der Waals surface area (Å²) in [5.74, 6) is 2.71. The van der Waals surface area contributed by atoms with Crippen LogP contribution in [0.1, 0.15) is 94.9 Å². The summed E-state index contributed by atoms with van der Waals surface area (Å²) in [5.41, 5.74) is 4.92. The van der Waals surface area contributed by atoms with E-state index in [1.54, 1.807) is 0 Å². The van der Waals surface area contributed by atoms with Gasteiger partial charge in [-0.15, -0.1) is 0 Å². The van der Waals surface area contributed by atoms with Crippen molar-refractivity contribution in [2.45, 2.75) is 161 Å². The highest BCUT2D eigenvalue weighted by atomic mass is 28.2. The van der Waals surface area contributed by atoms with Crippen LogP contribution < -0.4 is 18.9 Å². The minimum absolute atomic E-state index is 0.0318. The standard InChI is InChI=1S/C15H24O3Si.C15H24O2Si.C12H18O2Si.C12H18OSi/c1-15(2,3)18-14(16)17-13-9-7-12(8-10-13)6-5-11-19-4;1-18-12-4-5-13-7-9-14(10-8-13)17-15-6-2-3-11-16-15;1-10(13)14-12-7-5-11(6-8-12)4-3-9-15-2;1-3-13-12-8-6-11(7-9-12)5-4-10-14-2/h7-10H,5-6,11,19H2,1-4H3;7-10,15H,2-6,11-12,18H2,1H3;5-8H,3-4,9,15H2,1-2H3;3,6-9H,1,4-5,10,14H2,2H3. The number of esters is 1. The van der Waals surface area contributed by atoms with Crippen LogP contribution >= 0.6 is 0 Å². The summed E-state index contributed by atoms with van der Waals surface area (Å²) in [6, 6.07) is 38.0. The van der Waals surface area contributed by atoms with Crippen molar-refractivity contribution in [2.24, 2.45) is 0 Å². The van der Waals surface area contributed by atoms with Crippen molar-refractivity contribution in [3.8, 4) is 23.0 Å². The van der Waals surface area contributed by atoms with Gasteiger partial charge in [0.2, 0.25) is 0 Å². The number of carbonyl (C=O) groups is 2. The average molecular weight is 974 g/mol. The van der Waals surface area contributed by atoms with Crippen molar-refractivity contribution in [3.05, 3.63) is 132 Å². The van der Waals surface area contributed by atoms with Gasteiger partial charge in [-0.2, -0.15) is 0 Å². The fraction of sp³-hybridized carbons (Fsp3) is 0.481. The molecule has 1 fully saturated rings. The lowest BCUT2D eigenvalue weighted by molar-refractivity contribution is -0.131. The van der Waals surface area contributed by atoms with E-state index in [0.717, 1.165) is 37.4 Å². The Morgan fingerprint density at radius 3 is 1.30 bits per heavy atom. The number of rotatable bonds is 22. The molecule has 66 heavy (non-hydrogen) atoms. The molecule has 8 nitrogen and oxygen atoms in total. The molecule has 0 N–H and O–H groups in total. The Kier molecular flexibility index (Phi) is 31.5. The molecule has 1 unspecified atom stereocenters. The lowest BCUT2D eigenvalue weighted by atomic mass is 10.1.